The first-order valence-electron chi connectivity index (χ1n) is 8.12. The first kappa shape index (κ1) is 14.6. The fraction of sp³-hybridized carbons (Fsp3) is 0.222. The highest BCUT2D eigenvalue weighted by Crippen LogP contribution is 2.38. The molecule has 1 aromatic heterocycles. The molecule has 0 saturated heterocycles. The number of nitrogens with zero attached hydrogens (tertiary/aromatic N) is 6. The molecule has 6 heteroatoms. The third-order valence-electron chi connectivity index (χ3n) is 4.27. The molecule has 6 nitrogen and oxygen atoms in total. The van der Waals surface area contributed by atoms with E-state index < -0.39 is 0 Å². The second kappa shape index (κ2) is 5.88. The van der Waals surface area contributed by atoms with Crippen LogP contribution in [0.5, 0.6) is 0 Å². The van der Waals surface area contributed by atoms with Crippen LogP contribution in [0.4, 0.5) is 17.1 Å². The topological polar surface area (TPSA) is 58.7 Å². The standard InChI is InChI=1S/C18H18N6/c1-3-23(4-2)14-6-8-15(9-7-14)24-12-18(21-22-24)16-10-5-13-11-17(16)20-19-13/h5-12H,3-4H2,1-2H3. The first-order chi connectivity index (χ1) is 11.8. The van der Waals surface area contributed by atoms with E-state index in [0.29, 0.717) is 0 Å². The summed E-state index contributed by atoms with van der Waals surface area (Å²) >= 11 is 0. The number of fused-ring (bicyclic) bond motifs is 2. The Balaban J connectivity index is 1.62. The second-order valence-corrected chi connectivity index (χ2v) is 5.64. The average molecular weight is 318 g/mol. The molecular weight excluding hydrogens is 300 g/mol. The molecular formula is C18H18N6. The average Bonchev–Trinajstić information content (AvgIpc) is 3.25. The van der Waals surface area contributed by atoms with E-state index in [1.165, 1.54) is 5.69 Å². The highest BCUT2D eigenvalue weighted by molar-refractivity contribution is 5.77. The lowest BCUT2D eigenvalue weighted by molar-refractivity contribution is 0.802. The van der Waals surface area contributed by atoms with E-state index in [1.807, 2.05) is 24.4 Å². The van der Waals surface area contributed by atoms with E-state index in [4.69, 9.17) is 0 Å². The van der Waals surface area contributed by atoms with Crippen molar-refractivity contribution in [1.29, 1.82) is 0 Å². The largest absolute Gasteiger partial charge is 0.372 e. The molecule has 0 N–H and O–H groups in total. The van der Waals surface area contributed by atoms with Crippen LogP contribution in [0.2, 0.25) is 0 Å². The third kappa shape index (κ3) is 2.46. The van der Waals surface area contributed by atoms with E-state index in [0.717, 1.165) is 41.4 Å². The number of benzene rings is 2. The summed E-state index contributed by atoms with van der Waals surface area (Å²) in [6.07, 6.45) is 1.92. The number of rotatable bonds is 5. The summed E-state index contributed by atoms with van der Waals surface area (Å²) in [5, 5.41) is 16.8. The van der Waals surface area contributed by atoms with Gasteiger partial charge in [0, 0.05) is 24.3 Å². The van der Waals surface area contributed by atoms with Crippen LogP contribution in [0.25, 0.3) is 16.9 Å². The molecule has 4 rings (SSSR count). The predicted octanol–water partition coefficient (Wildman–Crippen LogP) is 4.51. The van der Waals surface area contributed by atoms with Gasteiger partial charge in [-0.1, -0.05) is 5.21 Å². The van der Waals surface area contributed by atoms with Gasteiger partial charge in [0.25, 0.3) is 0 Å². The van der Waals surface area contributed by atoms with Gasteiger partial charge < -0.3 is 4.90 Å². The Morgan fingerprint density at radius 1 is 0.958 bits per heavy atom. The molecule has 0 unspecified atom stereocenters. The lowest BCUT2D eigenvalue weighted by atomic mass is 10.1. The van der Waals surface area contributed by atoms with Gasteiger partial charge in [0.2, 0.25) is 0 Å². The summed E-state index contributed by atoms with van der Waals surface area (Å²) in [5.74, 6) is 0. The Hall–Kier alpha value is -3.02. The fourth-order valence-corrected chi connectivity index (χ4v) is 2.91. The Kier molecular flexibility index (Phi) is 3.57. The van der Waals surface area contributed by atoms with Crippen LogP contribution in [0.1, 0.15) is 13.8 Å². The van der Waals surface area contributed by atoms with Crippen molar-refractivity contribution >= 4 is 17.1 Å². The second-order valence-electron chi connectivity index (χ2n) is 5.64. The van der Waals surface area contributed by atoms with Crippen LogP contribution in [0.3, 0.4) is 0 Å². The molecule has 120 valence electrons. The number of hydrogen-bond acceptors (Lipinski definition) is 5. The van der Waals surface area contributed by atoms with Gasteiger partial charge in [-0.05, 0) is 56.3 Å². The zero-order chi connectivity index (χ0) is 16.5. The number of hydrogen-bond donors (Lipinski definition) is 0. The lowest BCUT2D eigenvalue weighted by Gasteiger charge is -2.21. The third-order valence-corrected chi connectivity index (χ3v) is 4.27. The van der Waals surface area contributed by atoms with E-state index in [1.54, 1.807) is 4.68 Å². The molecule has 2 bridgehead atoms. The van der Waals surface area contributed by atoms with Crippen molar-refractivity contribution in [2.75, 3.05) is 18.0 Å². The molecule has 1 aliphatic rings. The van der Waals surface area contributed by atoms with E-state index in [9.17, 15) is 0 Å². The summed E-state index contributed by atoms with van der Waals surface area (Å²) in [6.45, 7) is 6.31. The number of anilines is 1. The Bertz CT molecular complexity index is 890. The van der Waals surface area contributed by atoms with Crippen LogP contribution in [0, 0.1) is 0 Å². The molecule has 2 aromatic carbocycles. The van der Waals surface area contributed by atoms with Crippen LogP contribution in [-0.4, -0.2) is 28.1 Å². The summed E-state index contributed by atoms with van der Waals surface area (Å²) in [7, 11) is 0. The molecule has 0 aliphatic carbocycles. The lowest BCUT2D eigenvalue weighted by Crippen LogP contribution is -2.21. The summed E-state index contributed by atoms with van der Waals surface area (Å²) in [6, 6.07) is 14.2. The van der Waals surface area contributed by atoms with E-state index >= 15 is 0 Å². The van der Waals surface area contributed by atoms with Crippen molar-refractivity contribution in [1.82, 2.24) is 15.0 Å². The summed E-state index contributed by atoms with van der Waals surface area (Å²) < 4.78 is 1.79. The molecule has 24 heavy (non-hydrogen) atoms. The van der Waals surface area contributed by atoms with Gasteiger partial charge in [-0.25, -0.2) is 4.68 Å². The molecule has 0 amide bonds. The quantitative estimate of drug-likeness (QED) is 0.544. The number of aromatic nitrogens is 3. The van der Waals surface area contributed by atoms with Crippen molar-refractivity contribution in [3.8, 4) is 16.9 Å². The van der Waals surface area contributed by atoms with Crippen LogP contribution in [-0.2, 0) is 0 Å². The zero-order valence-electron chi connectivity index (χ0n) is 13.7. The maximum Gasteiger partial charge on any atom is 0.115 e. The van der Waals surface area contributed by atoms with Gasteiger partial charge in [-0.2, -0.15) is 5.11 Å². The summed E-state index contributed by atoms with van der Waals surface area (Å²) in [4.78, 5) is 2.31. The maximum atomic E-state index is 4.29. The van der Waals surface area contributed by atoms with Gasteiger partial charge in [0.05, 0.1) is 23.3 Å². The van der Waals surface area contributed by atoms with Crippen molar-refractivity contribution < 1.29 is 0 Å². The van der Waals surface area contributed by atoms with Crippen LogP contribution < -0.4 is 4.90 Å². The summed E-state index contributed by atoms with van der Waals surface area (Å²) in [5.41, 5.74) is 5.67. The first-order valence-corrected chi connectivity index (χ1v) is 8.12. The molecule has 0 radical (unpaired) electrons. The molecule has 2 heterocycles. The SMILES string of the molecule is CCN(CC)c1ccc(-n2cc(-c3ccc4cc3N=N4)nn2)cc1. The Morgan fingerprint density at radius 2 is 1.75 bits per heavy atom. The molecule has 0 atom stereocenters. The van der Waals surface area contributed by atoms with Gasteiger partial charge in [-0.15, -0.1) is 10.2 Å². The molecule has 0 saturated carbocycles. The van der Waals surface area contributed by atoms with Crippen molar-refractivity contribution in [2.45, 2.75) is 13.8 Å². The normalized spacial score (nSPS) is 11.9. The van der Waals surface area contributed by atoms with Crippen LogP contribution >= 0.6 is 0 Å². The predicted molar refractivity (Wildman–Crippen MR) is 94.5 cm³/mol. The monoisotopic (exact) mass is 318 g/mol. The minimum atomic E-state index is 0.796. The Morgan fingerprint density at radius 3 is 2.50 bits per heavy atom. The van der Waals surface area contributed by atoms with Crippen molar-refractivity contribution in [3.05, 3.63) is 48.7 Å². The maximum absolute atomic E-state index is 4.29. The van der Waals surface area contributed by atoms with Crippen molar-refractivity contribution in [3.63, 3.8) is 0 Å². The highest BCUT2D eigenvalue weighted by Gasteiger charge is 2.14. The minimum Gasteiger partial charge on any atom is -0.372 e. The zero-order valence-corrected chi connectivity index (χ0v) is 13.7. The minimum absolute atomic E-state index is 0.796. The van der Waals surface area contributed by atoms with Gasteiger partial charge in [0.15, 0.2) is 0 Å². The molecule has 3 aromatic rings. The smallest absolute Gasteiger partial charge is 0.115 e. The molecule has 1 aliphatic heterocycles. The highest BCUT2D eigenvalue weighted by atomic mass is 15.4. The van der Waals surface area contributed by atoms with E-state index in [2.05, 4.69) is 63.6 Å². The molecule has 0 spiro atoms. The van der Waals surface area contributed by atoms with Crippen molar-refractivity contribution in [2.24, 2.45) is 10.2 Å². The van der Waals surface area contributed by atoms with Gasteiger partial charge in [0.1, 0.15) is 5.69 Å². The fourth-order valence-electron chi connectivity index (χ4n) is 2.91. The molecule has 0 fully saturated rings. The number of azo groups is 1. The van der Waals surface area contributed by atoms with Gasteiger partial charge in [-0.3, -0.25) is 0 Å². The Labute approximate surface area is 140 Å². The van der Waals surface area contributed by atoms with Gasteiger partial charge >= 0.3 is 0 Å². The van der Waals surface area contributed by atoms with Crippen LogP contribution in [0.15, 0.2) is 58.9 Å². The van der Waals surface area contributed by atoms with E-state index in [-0.39, 0.29) is 0 Å².